The number of hydrogen-bond donors (Lipinski definition) is 0. The summed E-state index contributed by atoms with van der Waals surface area (Å²) < 4.78 is 12.3. The van der Waals surface area contributed by atoms with Gasteiger partial charge in [-0.25, -0.2) is 4.98 Å². The van der Waals surface area contributed by atoms with Crippen molar-refractivity contribution < 1.29 is 9.47 Å². The average molecular weight is 631 g/mol. The molecule has 0 bridgehead atoms. The first-order valence-corrected chi connectivity index (χ1v) is 15.2. The molecule has 0 fully saturated rings. The second kappa shape index (κ2) is 23.0. The van der Waals surface area contributed by atoms with Gasteiger partial charge in [0.15, 0.2) is 0 Å². The fourth-order valence-corrected chi connectivity index (χ4v) is 4.74. The number of pyridine rings is 1. The molecule has 0 radical (unpaired) electrons. The van der Waals surface area contributed by atoms with Gasteiger partial charge in [-0.05, 0) is 82.2 Å². The number of rotatable bonds is 20. The molecule has 234 valence electrons. The van der Waals surface area contributed by atoms with Gasteiger partial charge in [-0.1, -0.05) is 53.4 Å². The Balaban J connectivity index is 0.00000533. The topological polar surface area (TPSA) is 37.8 Å². The molecule has 3 rings (SSSR count). The Morgan fingerprint density at radius 3 is 1.22 bits per heavy atom. The maximum absolute atomic E-state index is 6.16. The van der Waals surface area contributed by atoms with E-state index < -0.39 is 0 Å². The van der Waals surface area contributed by atoms with Gasteiger partial charge in [-0.2, -0.15) is 0 Å². The fourth-order valence-electron chi connectivity index (χ4n) is 4.74. The molecule has 5 nitrogen and oxygen atoms in total. The largest absolute Gasteiger partial charge is 0.492 e. The molecule has 0 aliphatic rings. The van der Waals surface area contributed by atoms with Gasteiger partial charge >= 0.3 is 0 Å². The Labute approximate surface area is 268 Å². The summed E-state index contributed by atoms with van der Waals surface area (Å²) in [5, 5.41) is 2.27. The van der Waals surface area contributed by atoms with Crippen molar-refractivity contribution >= 4 is 59.0 Å². The van der Waals surface area contributed by atoms with Crippen molar-refractivity contribution in [2.75, 3.05) is 52.5 Å². The summed E-state index contributed by atoms with van der Waals surface area (Å²) in [7, 11) is 0. The van der Waals surface area contributed by atoms with E-state index in [1.54, 1.807) is 0 Å². The third kappa shape index (κ3) is 14.0. The van der Waals surface area contributed by atoms with Gasteiger partial charge in [0.2, 0.25) is 0 Å². The maximum Gasteiger partial charge on any atom is 0.121 e. The lowest BCUT2D eigenvalue weighted by atomic mass is 10.1. The van der Waals surface area contributed by atoms with Gasteiger partial charge in [-0.15, -0.1) is 37.2 Å². The van der Waals surface area contributed by atoms with E-state index in [-0.39, 0.29) is 37.2 Å². The van der Waals surface area contributed by atoms with E-state index >= 15 is 0 Å². The zero-order valence-electron chi connectivity index (χ0n) is 25.7. The Morgan fingerprint density at radius 2 is 0.878 bits per heavy atom. The van der Waals surface area contributed by atoms with Crippen LogP contribution in [0, 0.1) is 0 Å². The molecule has 0 saturated carbocycles. The van der Waals surface area contributed by atoms with Gasteiger partial charge in [0.1, 0.15) is 24.7 Å². The number of aromatic nitrogens is 1. The summed E-state index contributed by atoms with van der Waals surface area (Å²) in [5.74, 6) is 1.78. The fraction of sp³-hybridized carbons (Fsp3) is 0.606. The number of hydrogen-bond acceptors (Lipinski definition) is 5. The van der Waals surface area contributed by atoms with Crippen LogP contribution in [-0.4, -0.2) is 67.3 Å². The minimum Gasteiger partial charge on any atom is -0.492 e. The first kappa shape index (κ1) is 39.5. The van der Waals surface area contributed by atoms with Gasteiger partial charge in [0, 0.05) is 36.0 Å². The van der Waals surface area contributed by atoms with Gasteiger partial charge in [-0.3, -0.25) is 9.80 Å². The predicted octanol–water partition coefficient (Wildman–Crippen LogP) is 9.22. The zero-order valence-corrected chi connectivity index (χ0v) is 28.2. The third-order valence-corrected chi connectivity index (χ3v) is 7.22. The molecule has 0 unspecified atom stereocenters. The first-order valence-electron chi connectivity index (χ1n) is 15.2. The van der Waals surface area contributed by atoms with E-state index in [0.29, 0.717) is 13.2 Å². The van der Waals surface area contributed by atoms with Crippen molar-refractivity contribution in [1.82, 2.24) is 14.8 Å². The summed E-state index contributed by atoms with van der Waals surface area (Å²) in [4.78, 5) is 10.0. The molecule has 0 amide bonds. The van der Waals surface area contributed by atoms with Crippen LogP contribution in [0.1, 0.15) is 79.1 Å². The molecule has 0 spiro atoms. The van der Waals surface area contributed by atoms with E-state index in [9.17, 15) is 0 Å². The van der Waals surface area contributed by atoms with Gasteiger partial charge < -0.3 is 9.47 Å². The number of unbranched alkanes of at least 4 members (excludes halogenated alkanes) is 4. The van der Waals surface area contributed by atoms with Crippen LogP contribution in [0.4, 0.5) is 0 Å². The highest BCUT2D eigenvalue weighted by molar-refractivity contribution is 5.93. The van der Waals surface area contributed by atoms with Crippen LogP contribution >= 0.6 is 37.2 Å². The SMILES string of the molecule is CCCCN(CCCC)CCOc1ccc2cc3ccc(OCCN(CCCC)CCCC)cc3nc2c1.Cl.Cl.Cl. The van der Waals surface area contributed by atoms with E-state index in [1.807, 2.05) is 0 Å². The van der Waals surface area contributed by atoms with Crippen molar-refractivity contribution in [1.29, 1.82) is 0 Å². The minimum absolute atomic E-state index is 0. The Hall–Kier alpha value is -1.50. The molecule has 3 aromatic rings. The molecular formula is C33H54Cl3N3O2. The van der Waals surface area contributed by atoms with Gasteiger partial charge in [0.05, 0.1) is 11.0 Å². The summed E-state index contributed by atoms with van der Waals surface area (Å²) in [6.07, 6.45) is 9.93. The number of fused-ring (bicyclic) bond motifs is 2. The van der Waals surface area contributed by atoms with Crippen molar-refractivity contribution in [3.63, 3.8) is 0 Å². The molecule has 0 aliphatic carbocycles. The molecular weight excluding hydrogens is 577 g/mol. The Bertz CT molecular complexity index is 989. The third-order valence-electron chi connectivity index (χ3n) is 7.22. The van der Waals surface area contributed by atoms with E-state index in [0.717, 1.165) is 72.6 Å². The highest BCUT2D eigenvalue weighted by Gasteiger charge is 2.08. The Morgan fingerprint density at radius 1 is 0.512 bits per heavy atom. The summed E-state index contributed by atoms with van der Waals surface area (Å²) >= 11 is 0. The highest BCUT2D eigenvalue weighted by Crippen LogP contribution is 2.26. The molecule has 2 aromatic carbocycles. The molecule has 0 atom stereocenters. The molecule has 0 aliphatic heterocycles. The van der Waals surface area contributed by atoms with E-state index in [2.05, 4.69) is 80.0 Å². The van der Waals surface area contributed by atoms with Crippen LogP contribution in [-0.2, 0) is 0 Å². The lowest BCUT2D eigenvalue weighted by molar-refractivity contribution is 0.204. The lowest BCUT2D eigenvalue weighted by Gasteiger charge is -2.22. The number of nitrogens with zero attached hydrogens (tertiary/aromatic N) is 3. The molecule has 0 N–H and O–H groups in total. The second-order valence-electron chi connectivity index (χ2n) is 10.5. The van der Waals surface area contributed by atoms with Crippen molar-refractivity contribution in [3.05, 3.63) is 42.5 Å². The first-order chi connectivity index (χ1) is 18.7. The van der Waals surface area contributed by atoms with Crippen LogP contribution < -0.4 is 9.47 Å². The Kier molecular flexibility index (Phi) is 22.2. The van der Waals surface area contributed by atoms with Gasteiger partial charge in [0.25, 0.3) is 0 Å². The van der Waals surface area contributed by atoms with Crippen LogP contribution in [0.5, 0.6) is 11.5 Å². The quantitative estimate of drug-likeness (QED) is 0.116. The standard InChI is InChI=1S/C33H51N3O2.3ClH/c1-5-9-17-35(18-10-6-2)21-23-37-30-15-13-28-25-29-14-16-31(27-33(29)34-32(28)26-30)38-24-22-36(19-11-7-3)20-12-8-4;;;/h13-16,25-27H,5-12,17-24H2,1-4H3;3*1H. The lowest BCUT2D eigenvalue weighted by Crippen LogP contribution is -2.30. The smallest absolute Gasteiger partial charge is 0.121 e. The van der Waals surface area contributed by atoms with E-state index in [1.165, 1.54) is 51.4 Å². The van der Waals surface area contributed by atoms with Crippen LogP contribution in [0.25, 0.3) is 21.8 Å². The zero-order chi connectivity index (χ0) is 27.0. The van der Waals surface area contributed by atoms with Crippen LogP contribution in [0.2, 0.25) is 0 Å². The highest BCUT2D eigenvalue weighted by atomic mass is 35.5. The molecule has 0 saturated heterocycles. The molecule has 1 heterocycles. The minimum atomic E-state index is 0. The second-order valence-corrected chi connectivity index (χ2v) is 10.5. The normalized spacial score (nSPS) is 10.9. The molecule has 41 heavy (non-hydrogen) atoms. The monoisotopic (exact) mass is 629 g/mol. The van der Waals surface area contributed by atoms with Crippen molar-refractivity contribution in [2.24, 2.45) is 0 Å². The van der Waals surface area contributed by atoms with Crippen molar-refractivity contribution in [2.45, 2.75) is 79.1 Å². The maximum atomic E-state index is 6.16. The van der Waals surface area contributed by atoms with Crippen molar-refractivity contribution in [3.8, 4) is 11.5 Å². The summed E-state index contributed by atoms with van der Waals surface area (Å²) in [5.41, 5.74) is 1.93. The van der Waals surface area contributed by atoms with Crippen LogP contribution in [0.15, 0.2) is 42.5 Å². The summed E-state index contributed by atoms with van der Waals surface area (Å²) in [6.45, 7) is 17.0. The molecule has 8 heteroatoms. The predicted molar refractivity (Wildman–Crippen MR) is 184 cm³/mol. The van der Waals surface area contributed by atoms with E-state index in [4.69, 9.17) is 14.5 Å². The number of benzene rings is 2. The molecule has 1 aromatic heterocycles. The number of ether oxygens (including phenoxy) is 2. The average Bonchev–Trinajstić information content (AvgIpc) is 2.94. The van der Waals surface area contributed by atoms with Crippen LogP contribution in [0.3, 0.4) is 0 Å². The number of halogens is 3. The summed E-state index contributed by atoms with van der Waals surface area (Å²) in [6, 6.07) is 14.7.